The number of fused-ring (bicyclic) bond motifs is 2. The van der Waals surface area contributed by atoms with Gasteiger partial charge < -0.3 is 28.7 Å². The molecule has 0 saturated carbocycles. The first-order chi connectivity index (χ1) is 29.7. The highest BCUT2D eigenvalue weighted by Crippen LogP contribution is 2.50. The van der Waals surface area contributed by atoms with Crippen LogP contribution in [0.2, 0.25) is 0 Å². The lowest BCUT2D eigenvalue weighted by molar-refractivity contribution is -0.871. The number of hydrogen-bond acceptors (Lipinski definition) is 8. The van der Waals surface area contributed by atoms with Crippen LogP contribution in [0.1, 0.15) is 76.5 Å². The van der Waals surface area contributed by atoms with Crippen molar-refractivity contribution in [2.45, 2.75) is 91.7 Å². The molecule has 0 spiro atoms. The third-order valence-electron chi connectivity index (χ3n) is 12.7. The largest absolute Gasteiger partial charge is 0.774 e. The Morgan fingerprint density at radius 1 is 0.812 bits per heavy atom. The monoisotopic (exact) mass is 928 g/mol. The Balaban J connectivity index is 1.48. The highest BCUT2D eigenvalue weighted by Gasteiger charge is 2.45. The first kappa shape index (κ1) is 49.6. The van der Waals surface area contributed by atoms with Crippen molar-refractivity contribution in [3.8, 4) is 0 Å². The number of allylic oxidation sites excluding steroid dienone is 7. The molecule has 0 bridgehead atoms. The maximum absolute atomic E-state index is 12.7. The molecule has 0 saturated heterocycles. The van der Waals surface area contributed by atoms with E-state index in [9.17, 15) is 21.7 Å². The van der Waals surface area contributed by atoms with Crippen LogP contribution in [0.25, 0.3) is 0 Å². The Labute approximate surface area is 388 Å². The molecule has 13 heteroatoms. The van der Waals surface area contributed by atoms with Crippen LogP contribution in [0.15, 0.2) is 121 Å². The molecule has 1 atom stereocenters. The van der Waals surface area contributed by atoms with E-state index in [0.717, 1.165) is 112 Å². The lowest BCUT2D eigenvalue weighted by Gasteiger charge is -2.29. The number of thioether (sulfide) groups is 1. The number of benzene rings is 3. The summed E-state index contributed by atoms with van der Waals surface area (Å²) in [4.78, 5) is 4.66. The molecule has 1 aliphatic carbocycles. The van der Waals surface area contributed by atoms with Crippen LogP contribution in [0.4, 0.5) is 11.4 Å². The lowest BCUT2D eigenvalue weighted by Crippen LogP contribution is -2.37. The highest BCUT2D eigenvalue weighted by atomic mass is 32.2. The normalized spacial score (nSPS) is 19.9. The molecule has 3 aliphatic rings. The van der Waals surface area contributed by atoms with E-state index in [2.05, 4.69) is 134 Å². The number of nitrogens with two attached hydrogens (primary N) is 1. The van der Waals surface area contributed by atoms with E-state index in [4.69, 9.17) is 5.73 Å². The van der Waals surface area contributed by atoms with Crippen molar-refractivity contribution in [1.82, 2.24) is 0 Å². The SMILES string of the molecule is C=S(=O)([O-])c1ccc2c(c1)C(C)(C)C(C=CC1=C(Sc3ccc(CCN)cc3)C(=CC=C3N(CCC[N+](C)(C)C)c4ccc(S(=O)(=O)[O-])cc4C3(C)C)CCC1)=[N+]2CCC[N+](C)(C)C. The van der Waals surface area contributed by atoms with Crippen molar-refractivity contribution >= 4 is 54.6 Å². The smallest absolute Gasteiger partial charge is 0.209 e. The molecule has 3 aromatic rings. The van der Waals surface area contributed by atoms with E-state index in [-0.39, 0.29) is 9.79 Å². The van der Waals surface area contributed by atoms with Gasteiger partial charge in [-0.15, -0.1) is 0 Å². The minimum atomic E-state index is -4.64. The third-order valence-corrected chi connectivity index (χ3v) is 15.8. The van der Waals surface area contributed by atoms with E-state index in [1.807, 2.05) is 12.1 Å². The number of hydrogen-bond donors (Lipinski definition) is 1. The molecule has 0 radical (unpaired) electrons. The fourth-order valence-electron chi connectivity index (χ4n) is 9.27. The van der Waals surface area contributed by atoms with Gasteiger partial charge in [-0.3, -0.25) is 4.21 Å². The second-order valence-electron chi connectivity index (χ2n) is 20.7. The molecule has 2 N–H and O–H groups in total. The molecule has 6 rings (SSSR count). The first-order valence-electron chi connectivity index (χ1n) is 22.4. The Hall–Kier alpha value is -3.79. The molecule has 0 fully saturated rings. The van der Waals surface area contributed by atoms with Gasteiger partial charge in [0.2, 0.25) is 5.69 Å². The van der Waals surface area contributed by atoms with Crippen molar-refractivity contribution in [3.05, 3.63) is 123 Å². The molecule has 64 heavy (non-hydrogen) atoms. The fourth-order valence-corrected chi connectivity index (χ4v) is 11.4. The second-order valence-corrected chi connectivity index (χ2v) is 24.8. The topological polar surface area (TPSA) is 130 Å². The van der Waals surface area contributed by atoms with Crippen molar-refractivity contribution in [3.63, 3.8) is 0 Å². The van der Waals surface area contributed by atoms with Crippen molar-refractivity contribution in [2.24, 2.45) is 5.73 Å². The first-order valence-corrected chi connectivity index (χ1v) is 26.2. The van der Waals surface area contributed by atoms with Gasteiger partial charge in [-0.1, -0.05) is 65.6 Å². The number of nitrogens with zero attached hydrogens (tertiary/aromatic N) is 4. The van der Waals surface area contributed by atoms with Crippen LogP contribution < -0.4 is 10.6 Å². The van der Waals surface area contributed by atoms with Gasteiger partial charge in [0, 0.05) is 62.2 Å². The zero-order valence-electron chi connectivity index (χ0n) is 39.7. The lowest BCUT2D eigenvalue weighted by atomic mass is 9.81. The van der Waals surface area contributed by atoms with Gasteiger partial charge in [-0.05, 0) is 117 Å². The number of quaternary nitrogens is 2. The zero-order valence-corrected chi connectivity index (χ0v) is 42.1. The van der Waals surface area contributed by atoms with E-state index in [1.165, 1.54) is 27.7 Å². The van der Waals surface area contributed by atoms with Crippen molar-refractivity contribution < 1.29 is 35.3 Å². The summed E-state index contributed by atoms with van der Waals surface area (Å²) < 4.78 is 66.1. The summed E-state index contributed by atoms with van der Waals surface area (Å²) in [6.45, 7) is 12.7. The maximum atomic E-state index is 12.7. The molecular formula is C51H70N5O5S3+. The maximum Gasteiger partial charge on any atom is 0.209 e. The van der Waals surface area contributed by atoms with Crippen LogP contribution in [0.5, 0.6) is 0 Å². The van der Waals surface area contributed by atoms with Gasteiger partial charge >= 0.3 is 0 Å². The van der Waals surface area contributed by atoms with Crippen LogP contribution in [-0.4, -0.2) is 122 Å². The average Bonchev–Trinajstić information content (AvgIpc) is 3.53. The molecule has 1 unspecified atom stereocenters. The van der Waals surface area contributed by atoms with Gasteiger partial charge in [0.1, 0.15) is 10.1 Å². The summed E-state index contributed by atoms with van der Waals surface area (Å²) in [6, 6.07) is 18.9. The van der Waals surface area contributed by atoms with Gasteiger partial charge in [0.05, 0.1) is 72.1 Å². The summed E-state index contributed by atoms with van der Waals surface area (Å²) >= 11 is 1.78. The summed E-state index contributed by atoms with van der Waals surface area (Å²) in [5, 5.41) is 0. The molecular weight excluding hydrogens is 859 g/mol. The van der Waals surface area contributed by atoms with Crippen LogP contribution >= 0.6 is 11.8 Å². The Kier molecular flexibility index (Phi) is 14.6. The van der Waals surface area contributed by atoms with E-state index in [0.29, 0.717) is 6.54 Å². The Morgan fingerprint density at radius 3 is 2.08 bits per heavy atom. The third kappa shape index (κ3) is 11.4. The minimum absolute atomic E-state index is 0.209. The van der Waals surface area contributed by atoms with E-state index in [1.54, 1.807) is 30.0 Å². The predicted octanol–water partition coefficient (Wildman–Crippen LogP) is 8.26. The quantitative estimate of drug-likeness (QED) is 0.0621. The molecule has 2 aliphatic heterocycles. The van der Waals surface area contributed by atoms with Gasteiger partial charge in [0.25, 0.3) is 0 Å². The molecule has 2 heterocycles. The number of anilines is 1. The van der Waals surface area contributed by atoms with Crippen molar-refractivity contribution in [2.75, 3.05) is 79.9 Å². The molecule has 10 nitrogen and oxygen atoms in total. The molecule has 346 valence electrons. The Morgan fingerprint density at radius 2 is 1.45 bits per heavy atom. The van der Waals surface area contributed by atoms with Crippen LogP contribution in [0, 0.1) is 0 Å². The molecule has 0 amide bonds. The second kappa shape index (κ2) is 18.8. The van der Waals surface area contributed by atoms with Crippen LogP contribution in [0.3, 0.4) is 0 Å². The summed E-state index contributed by atoms with van der Waals surface area (Å²) in [5.74, 6) is 3.46. The predicted molar refractivity (Wildman–Crippen MR) is 265 cm³/mol. The summed E-state index contributed by atoms with van der Waals surface area (Å²) in [5.41, 5.74) is 14.5. The van der Waals surface area contributed by atoms with Gasteiger partial charge in [-0.25, -0.2) is 8.42 Å². The van der Waals surface area contributed by atoms with Crippen molar-refractivity contribution in [1.29, 1.82) is 0 Å². The number of rotatable bonds is 17. The van der Waals surface area contributed by atoms with E-state index < -0.39 is 30.8 Å². The molecule has 3 aromatic carbocycles. The molecule has 0 aromatic heterocycles. The zero-order chi connectivity index (χ0) is 47.0. The fraction of sp³-hybridized carbons (Fsp3) is 0.451. The van der Waals surface area contributed by atoms with Gasteiger partial charge in [-0.2, -0.15) is 4.58 Å². The summed E-state index contributed by atoms with van der Waals surface area (Å²) in [6.07, 6.45) is 14.5. The summed E-state index contributed by atoms with van der Waals surface area (Å²) in [7, 11) is 4.87. The van der Waals surface area contributed by atoms with E-state index >= 15 is 0 Å². The highest BCUT2D eigenvalue weighted by molar-refractivity contribution is 8.03. The van der Waals surface area contributed by atoms with Crippen LogP contribution in [-0.2, 0) is 37.2 Å². The van der Waals surface area contributed by atoms with Gasteiger partial charge in [0.15, 0.2) is 12.3 Å². The average molecular weight is 929 g/mol. The minimum Gasteiger partial charge on any atom is -0.774 e. The standard InChI is InChI=1S/C51H70N5O5S3/c1-50(2)43-35-41(63(11,57)58)23-25-45(43)53(31-13-33-55(5,6)7)47(50)27-19-38-15-12-16-39(49(38)62-40-21-17-37(18-22-40)29-30-52)20-28-48-51(3,4)44-36-42(64(59,60)61)24-26-46(44)54(48)32-14-34-56(8,9)10/h17-28,35-36H,11-16,29-34,52H2,1-10H3/q+1. The Bertz CT molecular complexity index is 2640.